The fraction of sp³-hybridized carbons (Fsp3) is 0.353. The van der Waals surface area contributed by atoms with E-state index in [1.165, 1.54) is 7.05 Å². The van der Waals surface area contributed by atoms with Gasteiger partial charge in [-0.05, 0) is 30.5 Å². The fourth-order valence-electron chi connectivity index (χ4n) is 1.91. The Kier molecular flexibility index (Phi) is 8.57. The lowest BCUT2D eigenvalue weighted by molar-refractivity contribution is -0.136. The van der Waals surface area contributed by atoms with Gasteiger partial charge in [-0.1, -0.05) is 24.3 Å². The van der Waals surface area contributed by atoms with Gasteiger partial charge in [0, 0.05) is 37.4 Å². The summed E-state index contributed by atoms with van der Waals surface area (Å²) < 4.78 is 1.05. The molecule has 0 aromatic heterocycles. The number of amides is 2. The molecule has 0 radical (unpaired) electrons. The minimum atomic E-state index is -0.953. The Balaban J connectivity index is 2.47. The Hall–Kier alpha value is -2.34. The van der Waals surface area contributed by atoms with Gasteiger partial charge in [-0.15, -0.1) is 0 Å². The van der Waals surface area contributed by atoms with Crippen molar-refractivity contribution in [2.45, 2.75) is 25.7 Å². The second-order valence-corrected chi connectivity index (χ2v) is 5.70. The van der Waals surface area contributed by atoms with E-state index in [0.29, 0.717) is 18.4 Å². The van der Waals surface area contributed by atoms with Crippen molar-refractivity contribution < 1.29 is 19.5 Å². The monoisotopic (exact) mass is 352 g/mol. The van der Waals surface area contributed by atoms with Gasteiger partial charge >= 0.3 is 5.97 Å². The van der Waals surface area contributed by atoms with E-state index >= 15 is 0 Å². The summed E-state index contributed by atoms with van der Waals surface area (Å²) in [7, 11) is 1.51. The zero-order valence-corrected chi connectivity index (χ0v) is 14.3. The third kappa shape index (κ3) is 7.78. The molecule has 0 fully saturated rings. The number of carboxylic acid groups (broad SMARTS) is 1. The number of nitrogens with zero attached hydrogens (tertiary/aromatic N) is 1. The molecule has 1 aromatic rings. The van der Waals surface area contributed by atoms with Gasteiger partial charge in [0.25, 0.3) is 5.91 Å². The summed E-state index contributed by atoms with van der Waals surface area (Å²) in [6.07, 6.45) is 5.51. The Labute approximate surface area is 146 Å². The first-order chi connectivity index (χ1) is 11.4. The van der Waals surface area contributed by atoms with Crippen LogP contribution in [0.4, 0.5) is 0 Å². The lowest BCUT2D eigenvalue weighted by Gasteiger charge is -2.05. The van der Waals surface area contributed by atoms with E-state index in [0.717, 1.165) is 16.4 Å². The van der Waals surface area contributed by atoms with E-state index in [1.54, 1.807) is 18.2 Å². The molecule has 0 unspecified atom stereocenters. The first-order valence-corrected chi connectivity index (χ1v) is 7.93. The highest BCUT2D eigenvalue weighted by Gasteiger charge is 2.06. The molecule has 0 aliphatic heterocycles. The number of aliphatic carboxylic acids is 1. The second kappa shape index (κ2) is 10.4. The Morgan fingerprint density at radius 2 is 2.04 bits per heavy atom. The van der Waals surface area contributed by atoms with Crippen molar-refractivity contribution in [1.29, 1.82) is 0 Å². The van der Waals surface area contributed by atoms with Crippen LogP contribution in [0.2, 0.25) is 0 Å². The van der Waals surface area contributed by atoms with Crippen LogP contribution in [0.1, 0.15) is 41.6 Å². The molecule has 0 aliphatic rings. The predicted octanol–water partition coefficient (Wildman–Crippen LogP) is 2.69. The average Bonchev–Trinajstić information content (AvgIpc) is 2.54. The normalized spacial score (nSPS) is 10.6. The molecule has 24 heavy (non-hydrogen) atoms. The van der Waals surface area contributed by atoms with Crippen LogP contribution in [0.5, 0.6) is 0 Å². The molecule has 0 spiro atoms. The van der Waals surface area contributed by atoms with E-state index < -0.39 is 5.97 Å². The third-order valence-corrected chi connectivity index (χ3v) is 3.38. The number of benzene rings is 1. The first kappa shape index (κ1) is 19.7. The molecule has 0 aliphatic carbocycles. The summed E-state index contributed by atoms with van der Waals surface area (Å²) in [6.45, 7) is 0.0945. The largest absolute Gasteiger partial charge is 0.481 e. The van der Waals surface area contributed by atoms with Crippen molar-refractivity contribution >= 4 is 35.6 Å². The zero-order chi connectivity index (χ0) is 17.9. The number of carbonyl (C=O) groups is 3. The lowest BCUT2D eigenvalue weighted by atomic mass is 10.1. The van der Waals surface area contributed by atoms with Crippen molar-refractivity contribution in [2.75, 3.05) is 13.6 Å². The molecule has 0 bridgehead atoms. The molecular weight excluding hydrogens is 332 g/mol. The van der Waals surface area contributed by atoms with Crippen molar-refractivity contribution in [2.24, 2.45) is 0 Å². The van der Waals surface area contributed by atoms with Gasteiger partial charge in [0.05, 0.1) is 6.42 Å². The quantitative estimate of drug-likeness (QED) is 0.528. The van der Waals surface area contributed by atoms with E-state index in [9.17, 15) is 14.4 Å². The van der Waals surface area contributed by atoms with Gasteiger partial charge in [-0.25, -0.2) is 0 Å². The van der Waals surface area contributed by atoms with Crippen LogP contribution >= 0.6 is 11.8 Å². The molecule has 0 saturated heterocycles. The molecule has 1 rings (SSSR count). The molecule has 0 heterocycles. The second-order valence-electron chi connectivity index (χ2n) is 5.19. The number of hydrogen-bond donors (Lipinski definition) is 2. The van der Waals surface area contributed by atoms with Crippen LogP contribution in [-0.2, 0) is 9.59 Å². The maximum absolute atomic E-state index is 11.9. The van der Waals surface area contributed by atoms with Crippen LogP contribution in [0, 0.1) is 0 Å². The Morgan fingerprint density at radius 1 is 1.29 bits per heavy atom. The predicted molar refractivity (Wildman–Crippen MR) is 92.5 cm³/mol. The molecule has 2 amide bonds. The molecule has 7 heteroatoms. The molecule has 130 valence electrons. The third-order valence-electron chi connectivity index (χ3n) is 3.19. The summed E-state index contributed by atoms with van der Waals surface area (Å²) in [5, 5.41) is 11.1. The van der Waals surface area contributed by atoms with Gasteiger partial charge < -0.3 is 10.4 Å². The standard InChI is InChI=1S/C17H21ClN2O4/c1-20(18)15(21)9-4-2-3-6-13-7-5-8-14(12-13)17(24)19-11-10-16(22)23/h3,5-8,12H,2,4,9-11H2,1H3,(H,19,24)(H,22,23)/b6-3-. The van der Waals surface area contributed by atoms with Crippen molar-refractivity contribution in [1.82, 2.24) is 9.74 Å². The SMILES string of the molecule is CN(Cl)C(=O)CCC/C=C\c1cccc(C(=O)NCCC(=O)O)c1. The summed E-state index contributed by atoms with van der Waals surface area (Å²) in [4.78, 5) is 33.7. The van der Waals surface area contributed by atoms with E-state index in [-0.39, 0.29) is 24.8 Å². The van der Waals surface area contributed by atoms with E-state index in [4.69, 9.17) is 16.9 Å². The molecule has 6 nitrogen and oxygen atoms in total. The van der Waals surface area contributed by atoms with Gasteiger partial charge in [0.1, 0.15) is 0 Å². The fourth-order valence-corrected chi connectivity index (χ4v) is 2.00. The average molecular weight is 353 g/mol. The molecule has 1 aromatic carbocycles. The zero-order valence-electron chi connectivity index (χ0n) is 13.5. The smallest absolute Gasteiger partial charge is 0.305 e. The first-order valence-electron chi connectivity index (χ1n) is 7.59. The number of hydrogen-bond acceptors (Lipinski definition) is 3. The number of halogens is 1. The highest BCUT2D eigenvalue weighted by Crippen LogP contribution is 2.09. The highest BCUT2D eigenvalue weighted by atomic mass is 35.5. The van der Waals surface area contributed by atoms with Gasteiger partial charge in [0.15, 0.2) is 0 Å². The lowest BCUT2D eigenvalue weighted by Crippen LogP contribution is -2.25. The topological polar surface area (TPSA) is 86.7 Å². The molecular formula is C17H21ClN2O4. The maximum Gasteiger partial charge on any atom is 0.305 e. The Bertz CT molecular complexity index is 614. The van der Waals surface area contributed by atoms with Crippen molar-refractivity contribution in [3.63, 3.8) is 0 Å². The highest BCUT2D eigenvalue weighted by molar-refractivity contribution is 6.20. The van der Waals surface area contributed by atoms with Gasteiger partial charge in [-0.2, -0.15) is 0 Å². The van der Waals surface area contributed by atoms with Crippen LogP contribution in [0.15, 0.2) is 30.3 Å². The van der Waals surface area contributed by atoms with Crippen LogP contribution in [-0.4, -0.2) is 40.9 Å². The number of unbranched alkanes of at least 4 members (excludes halogenated alkanes) is 1. The molecule has 2 N–H and O–H groups in total. The number of carbonyl (C=O) groups excluding carboxylic acids is 2. The number of nitrogens with one attached hydrogen (secondary N) is 1. The molecule has 0 atom stereocenters. The summed E-state index contributed by atoms with van der Waals surface area (Å²) in [5.74, 6) is -1.38. The van der Waals surface area contributed by atoms with Gasteiger partial charge in [-0.3, -0.25) is 18.8 Å². The van der Waals surface area contributed by atoms with Crippen LogP contribution in [0.3, 0.4) is 0 Å². The maximum atomic E-state index is 11.9. The minimum absolute atomic E-state index is 0.0945. The molecule has 0 saturated carbocycles. The number of carboxylic acids is 1. The Morgan fingerprint density at radius 3 is 2.71 bits per heavy atom. The summed E-state index contributed by atoms with van der Waals surface area (Å²) in [6, 6.07) is 7.02. The van der Waals surface area contributed by atoms with E-state index in [1.807, 2.05) is 18.2 Å². The summed E-state index contributed by atoms with van der Waals surface area (Å²) >= 11 is 5.53. The minimum Gasteiger partial charge on any atom is -0.481 e. The van der Waals surface area contributed by atoms with E-state index in [2.05, 4.69) is 5.32 Å². The van der Waals surface area contributed by atoms with Crippen LogP contribution in [0.25, 0.3) is 6.08 Å². The van der Waals surface area contributed by atoms with Gasteiger partial charge in [0.2, 0.25) is 5.91 Å². The number of rotatable bonds is 9. The van der Waals surface area contributed by atoms with Crippen molar-refractivity contribution in [3.05, 3.63) is 41.5 Å². The van der Waals surface area contributed by atoms with Crippen LogP contribution < -0.4 is 5.32 Å². The van der Waals surface area contributed by atoms with Crippen molar-refractivity contribution in [3.8, 4) is 0 Å². The number of allylic oxidation sites excluding steroid dienone is 1. The summed E-state index contributed by atoms with van der Waals surface area (Å²) in [5.41, 5.74) is 1.34.